The molecule has 1 aliphatic rings. The second-order valence-corrected chi connectivity index (χ2v) is 8.56. The SMILES string of the molecule is CC1(C)CC(=O)c2sc3nc(-c4cc5ccccc5oc4=O)cn3c2C1. The molecule has 5 nitrogen and oxygen atoms in total. The van der Waals surface area contributed by atoms with Gasteiger partial charge in [-0.25, -0.2) is 9.78 Å². The molecule has 0 amide bonds. The van der Waals surface area contributed by atoms with E-state index in [1.165, 1.54) is 11.3 Å². The number of hydrogen-bond acceptors (Lipinski definition) is 5. The zero-order valence-electron chi connectivity index (χ0n) is 14.4. The van der Waals surface area contributed by atoms with E-state index < -0.39 is 5.63 Å². The van der Waals surface area contributed by atoms with E-state index in [0.29, 0.717) is 23.3 Å². The van der Waals surface area contributed by atoms with Gasteiger partial charge < -0.3 is 4.42 Å². The molecule has 0 atom stereocenters. The maximum atomic E-state index is 12.4. The van der Waals surface area contributed by atoms with Crippen molar-refractivity contribution in [3.8, 4) is 11.3 Å². The number of carbonyl (C=O) groups is 1. The first kappa shape index (κ1) is 15.5. The minimum absolute atomic E-state index is 0.0650. The van der Waals surface area contributed by atoms with Crippen LogP contribution in [0, 0.1) is 5.41 Å². The lowest BCUT2D eigenvalue weighted by Gasteiger charge is -2.27. The fourth-order valence-electron chi connectivity index (χ4n) is 3.67. The van der Waals surface area contributed by atoms with Gasteiger partial charge in [0.05, 0.1) is 16.1 Å². The van der Waals surface area contributed by atoms with Gasteiger partial charge in [-0.15, -0.1) is 0 Å². The van der Waals surface area contributed by atoms with Crippen LogP contribution in [0.15, 0.2) is 45.7 Å². The Labute approximate surface area is 152 Å². The molecule has 0 spiro atoms. The molecule has 0 fully saturated rings. The summed E-state index contributed by atoms with van der Waals surface area (Å²) in [7, 11) is 0. The van der Waals surface area contributed by atoms with Gasteiger partial charge in [-0.3, -0.25) is 9.20 Å². The van der Waals surface area contributed by atoms with Crippen LogP contribution in [0.3, 0.4) is 0 Å². The van der Waals surface area contributed by atoms with Crippen molar-refractivity contribution in [3.63, 3.8) is 0 Å². The van der Waals surface area contributed by atoms with Crippen LogP contribution in [-0.2, 0) is 6.42 Å². The van der Waals surface area contributed by atoms with E-state index in [4.69, 9.17) is 4.42 Å². The van der Waals surface area contributed by atoms with Gasteiger partial charge >= 0.3 is 5.63 Å². The second kappa shape index (κ2) is 5.14. The van der Waals surface area contributed by atoms with Crippen LogP contribution in [-0.4, -0.2) is 15.2 Å². The molecule has 1 aliphatic carbocycles. The minimum Gasteiger partial charge on any atom is -0.422 e. The lowest BCUT2D eigenvalue weighted by molar-refractivity contribution is 0.0915. The highest BCUT2D eigenvalue weighted by atomic mass is 32.1. The topological polar surface area (TPSA) is 64.6 Å². The molecule has 1 aromatic carbocycles. The molecule has 0 saturated carbocycles. The normalized spacial score (nSPS) is 16.3. The first-order valence-corrected chi connectivity index (χ1v) is 9.30. The quantitative estimate of drug-likeness (QED) is 0.472. The molecule has 0 saturated heterocycles. The first-order chi connectivity index (χ1) is 12.4. The molecule has 130 valence electrons. The third-order valence-electron chi connectivity index (χ3n) is 4.88. The maximum absolute atomic E-state index is 12.4. The zero-order valence-corrected chi connectivity index (χ0v) is 15.2. The number of thiazole rings is 1. The van der Waals surface area contributed by atoms with Crippen molar-refractivity contribution in [1.82, 2.24) is 9.38 Å². The van der Waals surface area contributed by atoms with Gasteiger partial charge in [-0.05, 0) is 24.0 Å². The van der Waals surface area contributed by atoms with Crippen molar-refractivity contribution in [3.05, 3.63) is 57.5 Å². The third-order valence-corrected chi connectivity index (χ3v) is 6.01. The highest BCUT2D eigenvalue weighted by Crippen LogP contribution is 2.39. The van der Waals surface area contributed by atoms with Gasteiger partial charge in [0.1, 0.15) is 5.58 Å². The molecule has 0 unspecified atom stereocenters. The Morgan fingerprint density at radius 2 is 2.00 bits per heavy atom. The Bertz CT molecular complexity index is 1260. The van der Waals surface area contributed by atoms with Crippen LogP contribution in [0.5, 0.6) is 0 Å². The largest absolute Gasteiger partial charge is 0.422 e. The Morgan fingerprint density at radius 1 is 1.19 bits per heavy atom. The van der Waals surface area contributed by atoms with Crippen molar-refractivity contribution in [2.75, 3.05) is 0 Å². The summed E-state index contributed by atoms with van der Waals surface area (Å²) in [5.74, 6) is 0.179. The number of Topliss-reactive ketones (excluding diaryl/α,β-unsaturated/α-hetero) is 1. The Balaban J connectivity index is 1.70. The zero-order chi connectivity index (χ0) is 18.1. The fraction of sp³-hybridized carbons (Fsp3) is 0.250. The van der Waals surface area contributed by atoms with E-state index in [2.05, 4.69) is 18.8 Å². The summed E-state index contributed by atoms with van der Waals surface area (Å²) in [6.07, 6.45) is 3.22. The van der Waals surface area contributed by atoms with Crippen molar-refractivity contribution in [2.45, 2.75) is 26.7 Å². The van der Waals surface area contributed by atoms with Crippen LogP contribution in [0.4, 0.5) is 0 Å². The smallest absolute Gasteiger partial charge is 0.345 e. The number of nitrogens with zero attached hydrogens (tertiary/aromatic N) is 2. The van der Waals surface area contributed by atoms with Crippen molar-refractivity contribution in [1.29, 1.82) is 0 Å². The van der Waals surface area contributed by atoms with Crippen molar-refractivity contribution < 1.29 is 9.21 Å². The Hall–Kier alpha value is -2.73. The molecule has 0 bridgehead atoms. The number of ketones is 1. The summed E-state index contributed by atoms with van der Waals surface area (Å²) in [6.45, 7) is 4.21. The maximum Gasteiger partial charge on any atom is 0.345 e. The average Bonchev–Trinajstić information content (AvgIpc) is 3.12. The molecule has 6 heteroatoms. The summed E-state index contributed by atoms with van der Waals surface area (Å²) in [5.41, 5.74) is 2.11. The number of para-hydroxylation sites is 1. The molecule has 0 aliphatic heterocycles. The van der Waals surface area contributed by atoms with Gasteiger partial charge in [0, 0.05) is 23.7 Å². The lowest BCUT2D eigenvalue weighted by atomic mass is 9.78. The predicted octanol–water partition coefficient (Wildman–Crippen LogP) is 4.32. The number of imidazole rings is 1. The second-order valence-electron chi connectivity index (χ2n) is 7.58. The van der Waals surface area contributed by atoms with Crippen LogP contribution < -0.4 is 5.63 Å². The van der Waals surface area contributed by atoms with Crippen LogP contribution in [0.25, 0.3) is 27.2 Å². The summed E-state index contributed by atoms with van der Waals surface area (Å²) < 4.78 is 7.39. The summed E-state index contributed by atoms with van der Waals surface area (Å²) >= 11 is 1.40. The molecule has 4 aromatic rings. The van der Waals surface area contributed by atoms with E-state index in [1.54, 1.807) is 6.07 Å². The third kappa shape index (κ3) is 2.25. The number of rotatable bonds is 1. The summed E-state index contributed by atoms with van der Waals surface area (Å²) in [4.78, 5) is 31.0. The molecule has 0 radical (unpaired) electrons. The average molecular weight is 364 g/mol. The number of hydrogen-bond donors (Lipinski definition) is 0. The number of aromatic nitrogens is 2. The van der Waals surface area contributed by atoms with Crippen LogP contribution >= 0.6 is 11.3 Å². The van der Waals surface area contributed by atoms with Crippen molar-refractivity contribution >= 4 is 33.1 Å². The summed E-state index contributed by atoms with van der Waals surface area (Å²) in [5, 5.41) is 0.858. The van der Waals surface area contributed by atoms with Crippen LogP contribution in [0.1, 0.15) is 35.6 Å². The van der Waals surface area contributed by atoms with E-state index in [1.807, 2.05) is 34.9 Å². The highest BCUT2D eigenvalue weighted by molar-refractivity contribution is 7.19. The highest BCUT2D eigenvalue weighted by Gasteiger charge is 2.34. The Morgan fingerprint density at radius 3 is 2.85 bits per heavy atom. The molecular formula is C20H16N2O3S. The van der Waals surface area contributed by atoms with Gasteiger partial charge in [0.25, 0.3) is 0 Å². The fourth-order valence-corrected chi connectivity index (χ4v) is 4.73. The molecule has 5 rings (SSSR count). The summed E-state index contributed by atoms with van der Waals surface area (Å²) in [6, 6.07) is 9.24. The first-order valence-electron chi connectivity index (χ1n) is 8.48. The molecule has 3 aromatic heterocycles. The number of carbonyl (C=O) groups excluding carboxylic acids is 1. The van der Waals surface area contributed by atoms with Crippen molar-refractivity contribution in [2.24, 2.45) is 5.41 Å². The molecule has 3 heterocycles. The van der Waals surface area contributed by atoms with E-state index in [0.717, 1.165) is 27.3 Å². The van der Waals surface area contributed by atoms with Gasteiger partial charge in [0.15, 0.2) is 10.7 Å². The van der Waals surface area contributed by atoms with E-state index in [9.17, 15) is 9.59 Å². The van der Waals surface area contributed by atoms with Gasteiger partial charge in [0.2, 0.25) is 0 Å². The Kier molecular flexibility index (Phi) is 3.07. The molecule has 26 heavy (non-hydrogen) atoms. The van der Waals surface area contributed by atoms with Gasteiger partial charge in [-0.2, -0.15) is 0 Å². The standard InChI is InChI=1S/C20H16N2O3S/c1-20(2)8-14-17(15(23)9-20)26-19-21-13(10-22(14)19)12-7-11-5-3-4-6-16(11)25-18(12)24/h3-7,10H,8-9H2,1-2H3. The lowest BCUT2D eigenvalue weighted by Crippen LogP contribution is -2.26. The van der Waals surface area contributed by atoms with E-state index >= 15 is 0 Å². The molecular weight excluding hydrogens is 348 g/mol. The molecule has 0 N–H and O–H groups in total. The van der Waals surface area contributed by atoms with E-state index in [-0.39, 0.29) is 11.2 Å². The minimum atomic E-state index is -0.403. The van der Waals surface area contributed by atoms with Gasteiger partial charge in [-0.1, -0.05) is 43.4 Å². The predicted molar refractivity (Wildman–Crippen MR) is 101 cm³/mol. The number of fused-ring (bicyclic) bond motifs is 4. The number of benzene rings is 1. The monoisotopic (exact) mass is 364 g/mol. The van der Waals surface area contributed by atoms with Crippen LogP contribution in [0.2, 0.25) is 0 Å².